The molecule has 2 aromatic rings. The molecule has 0 saturated carbocycles. The lowest BCUT2D eigenvalue weighted by atomic mass is 10.2. The van der Waals surface area contributed by atoms with Gasteiger partial charge in [-0.15, -0.1) is 23.1 Å². The Morgan fingerprint density at radius 1 is 1.44 bits per heavy atom. The number of rotatable bonds is 1. The second-order valence-electron chi connectivity index (χ2n) is 3.72. The van der Waals surface area contributed by atoms with E-state index in [9.17, 15) is 4.79 Å². The van der Waals surface area contributed by atoms with Crippen molar-refractivity contribution in [1.29, 1.82) is 5.26 Å². The summed E-state index contributed by atoms with van der Waals surface area (Å²) in [7, 11) is 0. The van der Waals surface area contributed by atoms with Crippen LogP contribution in [0.5, 0.6) is 0 Å². The first-order valence-electron chi connectivity index (χ1n) is 5.33. The second kappa shape index (κ2) is 4.84. The van der Waals surface area contributed by atoms with Gasteiger partial charge in [-0.05, 0) is 30.0 Å². The molecule has 1 aliphatic rings. The first-order chi connectivity index (χ1) is 8.79. The van der Waals surface area contributed by atoms with Crippen molar-refractivity contribution in [2.24, 2.45) is 0 Å². The summed E-state index contributed by atoms with van der Waals surface area (Å²) in [6, 6.07) is 5.92. The molecule has 1 aromatic heterocycles. The molecule has 0 saturated heterocycles. The summed E-state index contributed by atoms with van der Waals surface area (Å²) in [6.45, 7) is 0.707. The van der Waals surface area contributed by atoms with E-state index in [0.29, 0.717) is 6.54 Å². The smallest absolute Gasteiger partial charge is 0.262 e. The number of hydrogen-bond acceptors (Lipinski definition) is 5. The summed E-state index contributed by atoms with van der Waals surface area (Å²) >= 11 is 4.38. The summed E-state index contributed by atoms with van der Waals surface area (Å²) in [4.78, 5) is 14.7. The third-order valence-corrected chi connectivity index (χ3v) is 5.62. The molecule has 3 rings (SSSR count). The molecule has 0 bridgehead atoms. The van der Waals surface area contributed by atoms with Crippen molar-refractivity contribution in [2.75, 3.05) is 12.3 Å². The maximum atomic E-state index is 11.9. The fourth-order valence-electron chi connectivity index (χ4n) is 1.86. The molecule has 0 spiro atoms. The molecule has 0 fully saturated rings. The third-order valence-electron chi connectivity index (χ3n) is 2.62. The van der Waals surface area contributed by atoms with Crippen LogP contribution in [0, 0.1) is 10.7 Å². The highest BCUT2D eigenvalue weighted by Gasteiger charge is 2.21. The molecule has 0 aliphatic carbocycles. The maximum absolute atomic E-state index is 11.9. The number of benzene rings is 1. The molecule has 1 amide bonds. The zero-order valence-electron chi connectivity index (χ0n) is 9.23. The number of amides is 1. The number of nitriles is 1. The van der Waals surface area contributed by atoms with Gasteiger partial charge in [-0.25, -0.2) is 0 Å². The fraction of sp³-hybridized carbons (Fsp3) is 0.167. The maximum Gasteiger partial charge on any atom is 0.262 e. The predicted octanol–water partition coefficient (Wildman–Crippen LogP) is 3.31. The summed E-state index contributed by atoms with van der Waals surface area (Å²) in [5.41, 5.74) is 0. The van der Waals surface area contributed by atoms with E-state index in [-0.39, 0.29) is 5.91 Å². The van der Waals surface area contributed by atoms with Crippen LogP contribution in [0.3, 0.4) is 0 Å². The number of nitrogens with zero attached hydrogens (tertiary/aromatic N) is 1. The molecule has 90 valence electrons. The lowest BCUT2D eigenvalue weighted by molar-refractivity contribution is 0.0959. The minimum absolute atomic E-state index is 0.0192. The van der Waals surface area contributed by atoms with Gasteiger partial charge < -0.3 is 5.32 Å². The van der Waals surface area contributed by atoms with E-state index in [2.05, 4.69) is 10.7 Å². The molecular weight excluding hydrogens is 284 g/mol. The van der Waals surface area contributed by atoms with Gasteiger partial charge in [0.1, 0.15) is 10.3 Å². The Balaban J connectivity index is 2.20. The first kappa shape index (κ1) is 11.9. The van der Waals surface area contributed by atoms with Gasteiger partial charge in [0.05, 0.1) is 0 Å². The summed E-state index contributed by atoms with van der Waals surface area (Å²) in [5, 5.41) is 14.8. The number of thiocyanates is 1. The van der Waals surface area contributed by atoms with Gasteiger partial charge in [-0.2, -0.15) is 5.26 Å². The Hall–Kier alpha value is -1.16. The van der Waals surface area contributed by atoms with Crippen LogP contribution >= 0.6 is 34.9 Å². The van der Waals surface area contributed by atoms with Crippen LogP contribution < -0.4 is 5.32 Å². The average Bonchev–Trinajstić information content (AvgIpc) is 2.63. The monoisotopic (exact) mass is 292 g/mol. The quantitative estimate of drug-likeness (QED) is 0.647. The minimum Gasteiger partial charge on any atom is -0.350 e. The van der Waals surface area contributed by atoms with E-state index in [4.69, 9.17) is 5.26 Å². The van der Waals surface area contributed by atoms with Crippen molar-refractivity contribution in [3.8, 4) is 5.40 Å². The predicted molar refractivity (Wildman–Crippen MR) is 76.4 cm³/mol. The Morgan fingerprint density at radius 3 is 3.17 bits per heavy atom. The Morgan fingerprint density at radius 2 is 2.33 bits per heavy atom. The lowest BCUT2D eigenvalue weighted by Gasteiger charge is -1.98. The molecule has 0 radical (unpaired) electrons. The van der Waals surface area contributed by atoms with E-state index in [1.165, 1.54) is 11.3 Å². The van der Waals surface area contributed by atoms with Gasteiger partial charge in [0, 0.05) is 32.2 Å². The molecule has 6 heteroatoms. The second-order valence-corrected chi connectivity index (χ2v) is 6.73. The topological polar surface area (TPSA) is 52.9 Å². The largest absolute Gasteiger partial charge is 0.350 e. The van der Waals surface area contributed by atoms with Gasteiger partial charge in [-0.3, -0.25) is 4.79 Å². The average molecular weight is 292 g/mol. The van der Waals surface area contributed by atoms with E-state index in [0.717, 1.165) is 42.3 Å². The fourth-order valence-corrected chi connectivity index (χ4v) is 4.60. The molecule has 3 nitrogen and oxygen atoms in total. The van der Waals surface area contributed by atoms with Gasteiger partial charge in [0.25, 0.3) is 5.91 Å². The summed E-state index contributed by atoms with van der Waals surface area (Å²) in [6.07, 6.45) is 0. The molecular formula is C12H8N2OS3. The number of carbonyl (C=O) groups is 1. The number of hydrogen-bond donors (Lipinski definition) is 1. The van der Waals surface area contributed by atoms with Crippen LogP contribution in [0.1, 0.15) is 9.67 Å². The Bertz CT molecular complexity index is 672. The molecule has 0 unspecified atom stereocenters. The number of carbonyl (C=O) groups excluding carboxylic acids is 1. The van der Waals surface area contributed by atoms with Crippen LogP contribution in [0.2, 0.25) is 0 Å². The molecule has 1 aromatic carbocycles. The van der Waals surface area contributed by atoms with Gasteiger partial charge >= 0.3 is 0 Å². The lowest BCUT2D eigenvalue weighted by Crippen LogP contribution is -2.22. The van der Waals surface area contributed by atoms with Crippen LogP contribution in [-0.2, 0) is 0 Å². The van der Waals surface area contributed by atoms with E-state index in [1.54, 1.807) is 11.8 Å². The van der Waals surface area contributed by atoms with Crippen molar-refractivity contribution >= 4 is 50.9 Å². The standard InChI is InChI=1S/C12H8N2OS3/c13-6-17-7-1-2-9-8(5-7)10-11(18-9)12(15)14-3-4-16-10/h1-2,5H,3-4H2,(H,14,15). The van der Waals surface area contributed by atoms with Crippen LogP contribution in [-0.4, -0.2) is 18.2 Å². The van der Waals surface area contributed by atoms with Crippen molar-refractivity contribution in [2.45, 2.75) is 9.79 Å². The van der Waals surface area contributed by atoms with E-state index >= 15 is 0 Å². The third kappa shape index (κ3) is 1.99. The highest BCUT2D eigenvalue weighted by atomic mass is 32.2. The Kier molecular flexibility index (Phi) is 3.20. The molecule has 2 heterocycles. The molecule has 18 heavy (non-hydrogen) atoms. The normalized spacial score (nSPS) is 14.7. The number of fused-ring (bicyclic) bond motifs is 3. The highest BCUT2D eigenvalue weighted by Crippen LogP contribution is 2.40. The highest BCUT2D eigenvalue weighted by molar-refractivity contribution is 8.03. The van der Waals surface area contributed by atoms with Gasteiger partial charge in [-0.1, -0.05) is 0 Å². The van der Waals surface area contributed by atoms with Gasteiger partial charge in [0.2, 0.25) is 0 Å². The molecule has 0 atom stereocenters. The van der Waals surface area contributed by atoms with Crippen molar-refractivity contribution in [1.82, 2.24) is 5.32 Å². The van der Waals surface area contributed by atoms with E-state index in [1.807, 2.05) is 18.2 Å². The van der Waals surface area contributed by atoms with E-state index < -0.39 is 0 Å². The summed E-state index contributed by atoms with van der Waals surface area (Å²) < 4.78 is 1.10. The van der Waals surface area contributed by atoms with Crippen LogP contribution in [0.25, 0.3) is 10.1 Å². The van der Waals surface area contributed by atoms with Crippen LogP contribution in [0.15, 0.2) is 28.0 Å². The first-order valence-corrected chi connectivity index (χ1v) is 7.95. The van der Waals surface area contributed by atoms with Crippen molar-refractivity contribution in [3.05, 3.63) is 23.1 Å². The van der Waals surface area contributed by atoms with Crippen LogP contribution in [0.4, 0.5) is 0 Å². The number of nitrogens with one attached hydrogen (secondary N) is 1. The molecule has 1 N–H and O–H groups in total. The zero-order chi connectivity index (χ0) is 12.5. The Labute approximate surface area is 117 Å². The van der Waals surface area contributed by atoms with Gasteiger partial charge in [0.15, 0.2) is 0 Å². The summed E-state index contributed by atoms with van der Waals surface area (Å²) in [5.74, 6) is 0.908. The zero-order valence-corrected chi connectivity index (χ0v) is 11.7. The SMILES string of the molecule is N#CSc1ccc2sc3c(c2c1)SCCNC3=O. The molecule has 1 aliphatic heterocycles. The van der Waals surface area contributed by atoms with Crippen molar-refractivity contribution < 1.29 is 4.79 Å². The van der Waals surface area contributed by atoms with Crippen molar-refractivity contribution in [3.63, 3.8) is 0 Å². The minimum atomic E-state index is 0.0192. The number of thiophene rings is 1. The number of thioether (sulfide) groups is 2.